The Bertz CT molecular complexity index is 893. The van der Waals surface area contributed by atoms with Crippen molar-refractivity contribution in [3.05, 3.63) is 81.8 Å². The summed E-state index contributed by atoms with van der Waals surface area (Å²) in [6, 6.07) is 19.1. The first-order chi connectivity index (χ1) is 13.1. The molecule has 0 bridgehead atoms. The van der Waals surface area contributed by atoms with Gasteiger partial charge in [0.2, 0.25) is 0 Å². The summed E-state index contributed by atoms with van der Waals surface area (Å²) in [4.78, 5) is 0. The zero-order valence-electron chi connectivity index (χ0n) is 15.3. The van der Waals surface area contributed by atoms with Crippen LogP contribution in [0.15, 0.2) is 65.1 Å². The highest BCUT2D eigenvalue weighted by Crippen LogP contribution is 2.37. The summed E-state index contributed by atoms with van der Waals surface area (Å²) in [7, 11) is 1.64. The van der Waals surface area contributed by atoms with Gasteiger partial charge >= 0.3 is 0 Å². The highest BCUT2D eigenvalue weighted by Gasteiger charge is 2.15. The smallest absolute Gasteiger partial charge is 0.167 e. The Hall–Kier alpha value is -2.66. The van der Waals surface area contributed by atoms with Crippen LogP contribution in [-0.4, -0.2) is 12.2 Å². The molecular weight excluding hydrogens is 406 g/mol. The van der Waals surface area contributed by atoms with E-state index in [9.17, 15) is 5.11 Å². The number of halogens is 1. The molecule has 0 spiro atoms. The number of hydrogen-bond donors (Lipinski definition) is 2. The van der Waals surface area contributed by atoms with Crippen LogP contribution in [0, 0.1) is 6.92 Å². The Morgan fingerprint density at radius 1 is 0.963 bits per heavy atom. The molecule has 4 nitrogen and oxygen atoms in total. The monoisotopic (exact) mass is 427 g/mol. The van der Waals surface area contributed by atoms with Crippen LogP contribution in [0.5, 0.6) is 17.2 Å². The molecule has 0 saturated carbocycles. The minimum atomic E-state index is 0.241. The summed E-state index contributed by atoms with van der Waals surface area (Å²) < 4.78 is 12.6. The average Bonchev–Trinajstić information content (AvgIpc) is 2.68. The standard InChI is InChI=1S/C22H22BrNO3/c1-15-3-5-16(6-4-15)14-27-22-19(20(23)11-12-21(22)26-2)13-24-17-7-9-18(25)10-8-17/h3-12,24-25H,13-14H2,1-2H3. The quantitative estimate of drug-likeness (QED) is 0.477. The van der Waals surface area contributed by atoms with E-state index in [0.717, 1.165) is 21.3 Å². The highest BCUT2D eigenvalue weighted by molar-refractivity contribution is 9.10. The first-order valence-corrected chi connectivity index (χ1v) is 9.42. The Morgan fingerprint density at radius 3 is 2.33 bits per heavy atom. The van der Waals surface area contributed by atoms with Crippen molar-refractivity contribution in [2.45, 2.75) is 20.1 Å². The molecule has 3 aromatic carbocycles. The molecule has 0 heterocycles. The fourth-order valence-electron chi connectivity index (χ4n) is 2.68. The van der Waals surface area contributed by atoms with Crippen LogP contribution in [0.4, 0.5) is 5.69 Å². The average molecular weight is 428 g/mol. The minimum absolute atomic E-state index is 0.241. The number of aromatic hydroxyl groups is 1. The number of anilines is 1. The molecule has 2 N–H and O–H groups in total. The van der Waals surface area contributed by atoms with Gasteiger partial charge in [0.15, 0.2) is 11.5 Å². The van der Waals surface area contributed by atoms with Crippen molar-refractivity contribution < 1.29 is 14.6 Å². The fourth-order valence-corrected chi connectivity index (χ4v) is 3.13. The molecule has 3 aromatic rings. The molecule has 140 valence electrons. The van der Waals surface area contributed by atoms with E-state index in [1.165, 1.54) is 5.56 Å². The predicted octanol–water partition coefficient (Wildman–Crippen LogP) is 5.66. The van der Waals surface area contributed by atoms with Gasteiger partial charge in [0, 0.05) is 22.3 Å². The zero-order valence-corrected chi connectivity index (χ0v) is 16.9. The second-order valence-electron chi connectivity index (χ2n) is 6.23. The second-order valence-corrected chi connectivity index (χ2v) is 7.09. The van der Waals surface area contributed by atoms with Crippen molar-refractivity contribution in [1.29, 1.82) is 0 Å². The summed E-state index contributed by atoms with van der Waals surface area (Å²) in [5.41, 5.74) is 4.19. The van der Waals surface area contributed by atoms with Gasteiger partial charge in [0.05, 0.1) is 7.11 Å². The summed E-state index contributed by atoms with van der Waals surface area (Å²) >= 11 is 3.62. The lowest BCUT2D eigenvalue weighted by molar-refractivity contribution is 0.281. The SMILES string of the molecule is COc1ccc(Br)c(CNc2ccc(O)cc2)c1OCc1ccc(C)cc1. The van der Waals surface area contributed by atoms with Gasteiger partial charge in [-0.25, -0.2) is 0 Å². The van der Waals surface area contributed by atoms with Crippen molar-refractivity contribution in [2.75, 3.05) is 12.4 Å². The van der Waals surface area contributed by atoms with E-state index in [2.05, 4.69) is 52.4 Å². The molecule has 0 atom stereocenters. The number of hydrogen-bond acceptors (Lipinski definition) is 4. The number of benzene rings is 3. The zero-order chi connectivity index (χ0) is 19.2. The molecule has 0 aliphatic heterocycles. The number of nitrogens with one attached hydrogen (secondary N) is 1. The molecule has 0 aliphatic carbocycles. The summed E-state index contributed by atoms with van der Waals surface area (Å²) in [5.74, 6) is 1.64. The van der Waals surface area contributed by atoms with Crippen molar-refractivity contribution in [2.24, 2.45) is 0 Å². The maximum Gasteiger partial charge on any atom is 0.167 e. The first kappa shape index (κ1) is 19.1. The van der Waals surface area contributed by atoms with Gasteiger partial charge in [-0.2, -0.15) is 0 Å². The molecule has 0 fully saturated rings. The number of ether oxygens (including phenoxy) is 2. The normalized spacial score (nSPS) is 10.5. The number of phenols is 1. The van der Waals surface area contributed by atoms with Crippen LogP contribution in [0.25, 0.3) is 0 Å². The van der Waals surface area contributed by atoms with Crippen LogP contribution in [-0.2, 0) is 13.2 Å². The van der Waals surface area contributed by atoms with Gasteiger partial charge in [0.25, 0.3) is 0 Å². The molecule has 0 radical (unpaired) electrons. The molecule has 0 unspecified atom stereocenters. The summed E-state index contributed by atoms with van der Waals surface area (Å²) in [6.07, 6.45) is 0. The van der Waals surface area contributed by atoms with E-state index in [1.807, 2.05) is 24.3 Å². The third kappa shape index (κ3) is 4.95. The molecule has 5 heteroatoms. The maximum atomic E-state index is 9.42. The Labute approximate surface area is 167 Å². The van der Waals surface area contributed by atoms with Gasteiger partial charge in [-0.3, -0.25) is 0 Å². The molecule has 27 heavy (non-hydrogen) atoms. The Morgan fingerprint density at radius 2 is 1.67 bits per heavy atom. The van der Waals surface area contributed by atoms with Gasteiger partial charge in [-0.1, -0.05) is 45.8 Å². The van der Waals surface area contributed by atoms with Gasteiger partial charge in [0.1, 0.15) is 12.4 Å². The van der Waals surface area contributed by atoms with Crippen LogP contribution in [0.1, 0.15) is 16.7 Å². The van der Waals surface area contributed by atoms with Gasteiger partial charge in [-0.15, -0.1) is 0 Å². The van der Waals surface area contributed by atoms with Crippen molar-refractivity contribution >= 4 is 21.6 Å². The van der Waals surface area contributed by atoms with Crippen molar-refractivity contribution in [3.63, 3.8) is 0 Å². The molecule has 0 saturated heterocycles. The maximum absolute atomic E-state index is 9.42. The lowest BCUT2D eigenvalue weighted by atomic mass is 10.1. The largest absolute Gasteiger partial charge is 0.508 e. The number of phenolic OH excluding ortho intramolecular Hbond substituents is 1. The van der Waals surface area contributed by atoms with Crippen LogP contribution >= 0.6 is 15.9 Å². The molecule has 0 aliphatic rings. The molecule has 0 aromatic heterocycles. The molecule has 3 rings (SSSR count). The topological polar surface area (TPSA) is 50.7 Å². The highest BCUT2D eigenvalue weighted by atomic mass is 79.9. The summed E-state index contributed by atoms with van der Waals surface area (Å²) in [6.45, 7) is 3.07. The van der Waals surface area contributed by atoms with E-state index >= 15 is 0 Å². The fraction of sp³-hybridized carbons (Fsp3) is 0.182. The molecule has 0 amide bonds. The third-order valence-corrected chi connectivity index (χ3v) is 4.97. The number of rotatable bonds is 7. The summed E-state index contributed by atoms with van der Waals surface area (Å²) in [5, 5.41) is 12.8. The van der Waals surface area contributed by atoms with Crippen molar-refractivity contribution in [1.82, 2.24) is 0 Å². The Kier molecular flexibility index (Phi) is 6.24. The first-order valence-electron chi connectivity index (χ1n) is 8.63. The Balaban J connectivity index is 1.81. The van der Waals surface area contributed by atoms with E-state index < -0.39 is 0 Å². The van der Waals surface area contributed by atoms with Crippen LogP contribution in [0.3, 0.4) is 0 Å². The number of methoxy groups -OCH3 is 1. The van der Waals surface area contributed by atoms with Crippen LogP contribution < -0.4 is 14.8 Å². The molecular formula is C22H22BrNO3. The minimum Gasteiger partial charge on any atom is -0.508 e. The van der Waals surface area contributed by atoms with E-state index in [4.69, 9.17) is 9.47 Å². The lowest BCUT2D eigenvalue weighted by Crippen LogP contribution is -2.06. The van der Waals surface area contributed by atoms with E-state index in [1.54, 1.807) is 19.2 Å². The van der Waals surface area contributed by atoms with Crippen molar-refractivity contribution in [3.8, 4) is 17.2 Å². The van der Waals surface area contributed by atoms with Crippen LogP contribution in [0.2, 0.25) is 0 Å². The van der Waals surface area contributed by atoms with E-state index in [-0.39, 0.29) is 5.75 Å². The lowest BCUT2D eigenvalue weighted by Gasteiger charge is -2.18. The number of aryl methyl sites for hydroxylation is 1. The van der Waals surface area contributed by atoms with Gasteiger partial charge < -0.3 is 19.9 Å². The second kappa shape index (κ2) is 8.82. The van der Waals surface area contributed by atoms with Gasteiger partial charge in [-0.05, 0) is 48.9 Å². The predicted molar refractivity (Wildman–Crippen MR) is 112 cm³/mol. The van der Waals surface area contributed by atoms with E-state index in [0.29, 0.717) is 24.7 Å². The third-order valence-electron chi connectivity index (χ3n) is 4.23.